The predicted molar refractivity (Wildman–Crippen MR) is 93.9 cm³/mol. The van der Waals surface area contributed by atoms with E-state index in [1.165, 1.54) is 23.1 Å². The fourth-order valence-corrected chi connectivity index (χ4v) is 3.71. The molecule has 25 heavy (non-hydrogen) atoms. The van der Waals surface area contributed by atoms with Gasteiger partial charge in [0.2, 0.25) is 11.0 Å². The molecule has 0 aliphatic heterocycles. The second-order valence-electron chi connectivity index (χ2n) is 5.02. The second-order valence-corrected chi connectivity index (χ2v) is 7.26. The van der Waals surface area contributed by atoms with Gasteiger partial charge in [0.1, 0.15) is 17.0 Å². The van der Waals surface area contributed by atoms with E-state index in [0.29, 0.717) is 39.7 Å². The Balaban J connectivity index is 1.59. The lowest BCUT2D eigenvalue weighted by Crippen LogP contribution is -1.84. The predicted octanol–water partition coefficient (Wildman–Crippen LogP) is 3.43. The number of nitrogens with zero attached hydrogens (tertiary/aromatic N) is 5. The van der Waals surface area contributed by atoms with Crippen LogP contribution in [0.5, 0.6) is 0 Å². The second kappa shape index (κ2) is 6.65. The smallest absolute Gasteiger partial charge is 0.253 e. The average Bonchev–Trinajstić information content (AvgIpc) is 3.33. The number of thioether (sulfide) groups is 1. The molecule has 0 spiro atoms. The lowest BCUT2D eigenvalue weighted by molar-refractivity contribution is 0.399. The lowest BCUT2D eigenvalue weighted by Gasteiger charge is -1.98. The number of aryl methyl sites for hydroxylation is 1. The Bertz CT molecular complexity index is 995. The summed E-state index contributed by atoms with van der Waals surface area (Å²) < 4.78 is 11.9. The van der Waals surface area contributed by atoms with Gasteiger partial charge in [0, 0.05) is 5.56 Å². The molecule has 8 nitrogen and oxygen atoms in total. The van der Waals surface area contributed by atoms with Gasteiger partial charge < -0.3 is 14.7 Å². The van der Waals surface area contributed by atoms with Crippen LogP contribution >= 0.6 is 23.1 Å². The zero-order chi connectivity index (χ0) is 17.2. The van der Waals surface area contributed by atoms with Crippen molar-refractivity contribution in [1.82, 2.24) is 25.6 Å². The molecular formula is C15H12N6O2S2. The van der Waals surface area contributed by atoms with Crippen molar-refractivity contribution in [3.05, 3.63) is 42.0 Å². The van der Waals surface area contributed by atoms with Crippen LogP contribution in [0.15, 0.2) is 43.6 Å². The topological polar surface area (TPSA) is 117 Å². The third kappa shape index (κ3) is 3.26. The maximum Gasteiger partial charge on any atom is 0.253 e. The normalized spacial score (nSPS) is 11.1. The fourth-order valence-electron chi connectivity index (χ4n) is 2.23. The highest BCUT2D eigenvalue weighted by molar-refractivity contribution is 8.00. The summed E-state index contributed by atoms with van der Waals surface area (Å²) in [6, 6.07) is 9.72. The Morgan fingerprint density at radius 2 is 1.96 bits per heavy atom. The van der Waals surface area contributed by atoms with Crippen LogP contribution in [0.1, 0.15) is 11.7 Å². The summed E-state index contributed by atoms with van der Waals surface area (Å²) >= 11 is 2.76. The fraction of sp³-hybridized carbons (Fsp3) is 0.133. The molecule has 4 rings (SSSR count). The van der Waals surface area contributed by atoms with E-state index in [9.17, 15) is 0 Å². The van der Waals surface area contributed by atoms with Crippen LogP contribution in [0, 0.1) is 6.92 Å². The summed E-state index contributed by atoms with van der Waals surface area (Å²) in [5, 5.41) is 20.5. The SMILES string of the molecule is Cc1onc(-c2ccccc2)c1-c1nnc(CSc2nnc(N)s2)o1. The van der Waals surface area contributed by atoms with E-state index in [1.54, 1.807) is 0 Å². The molecule has 126 valence electrons. The number of anilines is 1. The van der Waals surface area contributed by atoms with Gasteiger partial charge >= 0.3 is 0 Å². The minimum Gasteiger partial charge on any atom is -0.420 e. The van der Waals surface area contributed by atoms with Crippen LogP contribution in [0.2, 0.25) is 0 Å². The van der Waals surface area contributed by atoms with E-state index < -0.39 is 0 Å². The molecule has 0 radical (unpaired) electrons. The van der Waals surface area contributed by atoms with Crippen molar-refractivity contribution < 1.29 is 8.94 Å². The third-order valence-corrected chi connectivity index (χ3v) is 5.20. The molecule has 0 bridgehead atoms. The Morgan fingerprint density at radius 1 is 1.12 bits per heavy atom. The Labute approximate surface area is 150 Å². The largest absolute Gasteiger partial charge is 0.420 e. The van der Waals surface area contributed by atoms with Gasteiger partial charge in [-0.25, -0.2) is 0 Å². The lowest BCUT2D eigenvalue weighted by atomic mass is 10.1. The molecule has 0 saturated heterocycles. The first-order valence-electron chi connectivity index (χ1n) is 7.27. The molecular weight excluding hydrogens is 360 g/mol. The molecule has 0 atom stereocenters. The summed E-state index contributed by atoms with van der Waals surface area (Å²) in [6.45, 7) is 1.82. The molecule has 0 saturated carbocycles. The molecule has 0 fully saturated rings. The molecule has 2 N–H and O–H groups in total. The maximum absolute atomic E-state index is 5.78. The Hall–Kier alpha value is -2.72. The number of rotatable bonds is 5. The van der Waals surface area contributed by atoms with Crippen LogP contribution in [0.3, 0.4) is 0 Å². The van der Waals surface area contributed by atoms with Crippen molar-refractivity contribution in [2.75, 3.05) is 5.73 Å². The van der Waals surface area contributed by atoms with Crippen molar-refractivity contribution >= 4 is 28.2 Å². The molecule has 0 unspecified atom stereocenters. The van der Waals surface area contributed by atoms with Crippen LogP contribution in [0.25, 0.3) is 22.7 Å². The van der Waals surface area contributed by atoms with Crippen molar-refractivity contribution in [3.63, 3.8) is 0 Å². The van der Waals surface area contributed by atoms with Gasteiger partial charge in [-0.1, -0.05) is 58.6 Å². The molecule has 1 aromatic carbocycles. The molecule has 0 aliphatic carbocycles. The highest BCUT2D eigenvalue weighted by atomic mass is 32.2. The quantitative estimate of drug-likeness (QED) is 0.526. The van der Waals surface area contributed by atoms with Crippen LogP contribution in [-0.4, -0.2) is 25.6 Å². The molecule has 10 heteroatoms. The first kappa shape index (κ1) is 15.8. The van der Waals surface area contributed by atoms with Gasteiger partial charge in [0.05, 0.1) is 5.75 Å². The molecule has 0 amide bonds. The number of aromatic nitrogens is 5. The van der Waals surface area contributed by atoms with Crippen molar-refractivity contribution in [1.29, 1.82) is 0 Å². The van der Waals surface area contributed by atoms with Gasteiger partial charge in [-0.2, -0.15) is 0 Å². The van der Waals surface area contributed by atoms with Gasteiger partial charge in [-0.15, -0.1) is 20.4 Å². The summed E-state index contributed by atoms with van der Waals surface area (Å²) in [4.78, 5) is 0. The molecule has 3 aromatic heterocycles. The van der Waals surface area contributed by atoms with Gasteiger partial charge in [0.25, 0.3) is 5.89 Å². The van der Waals surface area contributed by atoms with Crippen LogP contribution in [-0.2, 0) is 5.75 Å². The summed E-state index contributed by atoms with van der Waals surface area (Å²) in [5.74, 6) is 1.96. The average molecular weight is 372 g/mol. The van der Waals surface area contributed by atoms with Crippen LogP contribution < -0.4 is 5.73 Å². The summed E-state index contributed by atoms with van der Waals surface area (Å²) in [5.41, 5.74) is 7.87. The molecule has 3 heterocycles. The number of nitrogen functional groups attached to an aromatic ring is 1. The maximum atomic E-state index is 5.78. The minimum atomic E-state index is 0.380. The first-order valence-corrected chi connectivity index (χ1v) is 9.07. The molecule has 0 aliphatic rings. The van der Waals surface area contributed by atoms with E-state index in [-0.39, 0.29) is 0 Å². The van der Waals surface area contributed by atoms with Crippen molar-refractivity contribution in [2.45, 2.75) is 17.0 Å². The number of hydrogen-bond donors (Lipinski definition) is 1. The number of hydrogen-bond acceptors (Lipinski definition) is 10. The van der Waals surface area contributed by atoms with E-state index in [0.717, 1.165) is 9.90 Å². The van der Waals surface area contributed by atoms with E-state index in [4.69, 9.17) is 14.7 Å². The Kier molecular flexibility index (Phi) is 4.20. The van der Waals surface area contributed by atoms with E-state index in [2.05, 4.69) is 25.6 Å². The minimum absolute atomic E-state index is 0.380. The number of nitrogens with two attached hydrogens (primary N) is 1. The van der Waals surface area contributed by atoms with Crippen molar-refractivity contribution in [3.8, 4) is 22.7 Å². The van der Waals surface area contributed by atoms with E-state index in [1.807, 2.05) is 37.3 Å². The zero-order valence-electron chi connectivity index (χ0n) is 13.0. The van der Waals surface area contributed by atoms with Crippen LogP contribution in [0.4, 0.5) is 5.13 Å². The summed E-state index contributed by atoms with van der Waals surface area (Å²) in [7, 11) is 0. The Morgan fingerprint density at radius 3 is 2.72 bits per heavy atom. The summed E-state index contributed by atoms with van der Waals surface area (Å²) in [6.07, 6.45) is 0. The third-order valence-electron chi connectivity index (χ3n) is 3.33. The van der Waals surface area contributed by atoms with Crippen molar-refractivity contribution in [2.24, 2.45) is 0 Å². The van der Waals surface area contributed by atoms with Gasteiger partial charge in [0.15, 0.2) is 4.34 Å². The zero-order valence-corrected chi connectivity index (χ0v) is 14.7. The van der Waals surface area contributed by atoms with Gasteiger partial charge in [-0.05, 0) is 6.92 Å². The highest BCUT2D eigenvalue weighted by Crippen LogP contribution is 2.34. The monoisotopic (exact) mass is 372 g/mol. The first-order chi connectivity index (χ1) is 12.2. The molecule has 4 aromatic rings. The highest BCUT2D eigenvalue weighted by Gasteiger charge is 2.22. The number of benzene rings is 1. The van der Waals surface area contributed by atoms with Gasteiger partial charge in [-0.3, -0.25) is 0 Å². The standard InChI is InChI=1S/C15H12N6O2S2/c1-8-11(12(21-23-8)9-5-3-2-4-6-9)13-18-17-10(22-13)7-24-15-20-19-14(16)25-15/h2-6H,7H2,1H3,(H2,16,19). The van der Waals surface area contributed by atoms with E-state index >= 15 is 0 Å².